The molecule has 0 radical (unpaired) electrons. The van der Waals surface area contributed by atoms with E-state index in [2.05, 4.69) is 20.4 Å². The number of Topliss-reactive ketones (excluding diaryl/α,β-unsaturated/α-hetero) is 1. The molecule has 4 saturated carbocycles. The van der Waals surface area contributed by atoms with Gasteiger partial charge in [-0.1, -0.05) is 26.8 Å². The summed E-state index contributed by atoms with van der Waals surface area (Å²) in [7, 11) is 1.55. The van der Waals surface area contributed by atoms with Crippen LogP contribution in [0.3, 0.4) is 0 Å². The highest BCUT2D eigenvalue weighted by Gasteiger charge is 2.87. The molecular weight excluding hydrogens is 348 g/mol. The fourth-order valence-corrected chi connectivity index (χ4v) is 8.27. The highest BCUT2D eigenvalue weighted by Crippen LogP contribution is 2.77. The highest BCUT2D eigenvalue weighted by molar-refractivity contribution is 6.05. The molecule has 0 unspecified atom stereocenters. The number of carbonyl (C=O) groups is 1. The van der Waals surface area contributed by atoms with Crippen molar-refractivity contribution in [1.29, 1.82) is 0 Å². The summed E-state index contributed by atoms with van der Waals surface area (Å²) in [6, 6.07) is 0. The Bertz CT molecular complexity index is 732. The molecule has 0 aromatic carbocycles. The van der Waals surface area contributed by atoms with Gasteiger partial charge in [0.1, 0.15) is 11.5 Å². The van der Waals surface area contributed by atoms with Crippen LogP contribution in [0.5, 0.6) is 0 Å². The average Bonchev–Trinajstić information content (AvgIpc) is 2.72. The molecule has 0 aromatic rings. The van der Waals surface area contributed by atoms with Crippen molar-refractivity contribution < 1.29 is 29.6 Å². The molecule has 6 fully saturated rings. The summed E-state index contributed by atoms with van der Waals surface area (Å²) in [6.45, 7) is 8.16. The predicted molar refractivity (Wildman–Crippen MR) is 95.2 cm³/mol. The second kappa shape index (κ2) is 5.03. The lowest BCUT2D eigenvalue weighted by Gasteiger charge is -2.75. The summed E-state index contributed by atoms with van der Waals surface area (Å²) in [5, 5.41) is 34.5. The van der Waals surface area contributed by atoms with E-state index in [9.17, 15) is 20.1 Å². The maximum absolute atomic E-state index is 13.5. The van der Waals surface area contributed by atoms with Gasteiger partial charge in [-0.2, -0.15) is 0 Å². The van der Waals surface area contributed by atoms with E-state index >= 15 is 0 Å². The van der Waals surface area contributed by atoms with Crippen LogP contribution in [0.4, 0.5) is 0 Å². The quantitative estimate of drug-likeness (QED) is 0.597. The van der Waals surface area contributed by atoms with Gasteiger partial charge >= 0.3 is 0 Å². The standard InChI is InChI=1S/C21H30O6/c1-10-11-6-7-12-19-9-5-8-18(2,3)13(19)16(24)21(25,27-17(19)26-4)20(12,14(10)22)15(11)23/h11-13,15-17,23-25H,1,5-9H2,2-4H3/t11-,12-,13+,15+,16-,17-,19+,20-,21-/m0/s1. The fraction of sp³-hybridized carbons (Fsp3) is 0.857. The predicted octanol–water partition coefficient (Wildman–Crippen LogP) is 1.38. The minimum atomic E-state index is -2.17. The number of aliphatic hydroxyl groups is 3. The highest BCUT2D eigenvalue weighted by atomic mass is 16.7. The second-order valence-electron chi connectivity index (χ2n) is 10.2. The van der Waals surface area contributed by atoms with Crippen molar-refractivity contribution in [2.75, 3.05) is 7.11 Å². The molecule has 27 heavy (non-hydrogen) atoms. The van der Waals surface area contributed by atoms with Crippen LogP contribution in [0.15, 0.2) is 12.2 Å². The van der Waals surface area contributed by atoms with Crippen molar-refractivity contribution in [3.63, 3.8) is 0 Å². The van der Waals surface area contributed by atoms with Crippen molar-refractivity contribution in [3.8, 4) is 0 Å². The van der Waals surface area contributed by atoms with Gasteiger partial charge in [-0.3, -0.25) is 4.79 Å². The van der Waals surface area contributed by atoms with Crippen LogP contribution in [0.25, 0.3) is 0 Å². The number of rotatable bonds is 1. The zero-order valence-electron chi connectivity index (χ0n) is 16.3. The van der Waals surface area contributed by atoms with E-state index in [1.807, 2.05) is 0 Å². The number of aliphatic hydroxyl groups excluding tert-OH is 2. The molecule has 2 aliphatic heterocycles. The molecule has 4 bridgehead atoms. The summed E-state index contributed by atoms with van der Waals surface area (Å²) in [5.74, 6) is -3.46. The van der Waals surface area contributed by atoms with E-state index in [0.29, 0.717) is 18.4 Å². The molecule has 4 aliphatic carbocycles. The Kier molecular flexibility index (Phi) is 3.40. The molecule has 2 saturated heterocycles. The van der Waals surface area contributed by atoms with Gasteiger partial charge in [-0.15, -0.1) is 0 Å². The van der Waals surface area contributed by atoms with Crippen LogP contribution in [0.1, 0.15) is 46.0 Å². The average molecular weight is 378 g/mol. The van der Waals surface area contributed by atoms with Crippen molar-refractivity contribution in [2.24, 2.45) is 34.0 Å². The third-order valence-corrected chi connectivity index (χ3v) is 9.03. The van der Waals surface area contributed by atoms with Gasteiger partial charge in [-0.25, -0.2) is 0 Å². The lowest BCUT2D eigenvalue weighted by atomic mass is 9.36. The van der Waals surface area contributed by atoms with E-state index in [0.717, 1.165) is 19.3 Å². The normalized spacial score (nSPS) is 58.1. The maximum atomic E-state index is 13.5. The van der Waals surface area contributed by atoms with Crippen LogP contribution in [0.2, 0.25) is 0 Å². The molecule has 2 heterocycles. The van der Waals surface area contributed by atoms with E-state index < -0.39 is 35.1 Å². The lowest BCUT2D eigenvalue weighted by Crippen LogP contribution is -2.85. The summed E-state index contributed by atoms with van der Waals surface area (Å²) in [4.78, 5) is 13.5. The molecule has 9 atom stereocenters. The molecule has 6 rings (SSSR count). The lowest BCUT2D eigenvalue weighted by molar-refractivity contribution is -0.500. The minimum absolute atomic E-state index is 0.242. The Morgan fingerprint density at radius 3 is 2.56 bits per heavy atom. The molecule has 6 aliphatic rings. The van der Waals surface area contributed by atoms with Gasteiger partial charge in [0, 0.05) is 24.4 Å². The largest absolute Gasteiger partial charge is 0.391 e. The van der Waals surface area contributed by atoms with Gasteiger partial charge in [0.2, 0.25) is 5.79 Å². The number of hydrogen-bond acceptors (Lipinski definition) is 6. The van der Waals surface area contributed by atoms with Crippen molar-refractivity contribution in [3.05, 3.63) is 12.2 Å². The summed E-state index contributed by atoms with van der Waals surface area (Å²) in [5.41, 5.74) is -2.05. The Hall–Kier alpha value is -0.790. The number of hydrogen-bond donors (Lipinski definition) is 3. The number of methoxy groups -OCH3 is 1. The summed E-state index contributed by atoms with van der Waals surface area (Å²) >= 11 is 0. The molecular formula is C21H30O6. The van der Waals surface area contributed by atoms with Gasteiger partial charge < -0.3 is 24.8 Å². The Balaban J connectivity index is 1.82. The zero-order chi connectivity index (χ0) is 19.6. The van der Waals surface area contributed by atoms with Crippen LogP contribution in [-0.4, -0.2) is 52.5 Å². The summed E-state index contributed by atoms with van der Waals surface area (Å²) < 4.78 is 11.8. The molecule has 6 heteroatoms. The van der Waals surface area contributed by atoms with Gasteiger partial charge in [0.25, 0.3) is 0 Å². The van der Waals surface area contributed by atoms with Crippen LogP contribution < -0.4 is 0 Å². The molecule has 2 spiro atoms. The topological polar surface area (TPSA) is 96.2 Å². The third kappa shape index (κ3) is 1.60. The molecule has 3 N–H and O–H groups in total. The molecule has 0 amide bonds. The van der Waals surface area contributed by atoms with Gasteiger partial charge in [-0.05, 0) is 42.6 Å². The number of ketones is 1. The fourth-order valence-electron chi connectivity index (χ4n) is 8.27. The van der Waals surface area contributed by atoms with E-state index in [-0.39, 0.29) is 29.0 Å². The first-order valence-electron chi connectivity index (χ1n) is 10.1. The van der Waals surface area contributed by atoms with Crippen molar-refractivity contribution in [1.82, 2.24) is 0 Å². The van der Waals surface area contributed by atoms with E-state index in [4.69, 9.17) is 9.47 Å². The van der Waals surface area contributed by atoms with Crippen molar-refractivity contribution >= 4 is 5.78 Å². The third-order valence-electron chi connectivity index (χ3n) is 9.03. The van der Waals surface area contributed by atoms with Crippen molar-refractivity contribution in [2.45, 2.75) is 70.2 Å². The second-order valence-corrected chi connectivity index (χ2v) is 10.2. The smallest absolute Gasteiger partial charge is 0.211 e. The zero-order valence-corrected chi connectivity index (χ0v) is 16.3. The molecule has 150 valence electrons. The van der Waals surface area contributed by atoms with Gasteiger partial charge in [0.05, 0.1) is 6.10 Å². The van der Waals surface area contributed by atoms with E-state index in [1.54, 1.807) is 7.11 Å². The molecule has 0 aromatic heterocycles. The minimum Gasteiger partial charge on any atom is -0.391 e. The number of carbonyl (C=O) groups excluding carboxylic acids is 1. The Morgan fingerprint density at radius 1 is 1.19 bits per heavy atom. The van der Waals surface area contributed by atoms with Crippen LogP contribution in [0, 0.1) is 34.0 Å². The summed E-state index contributed by atoms with van der Waals surface area (Å²) in [6.07, 6.45) is 0.892. The first kappa shape index (κ1) is 18.3. The van der Waals surface area contributed by atoms with E-state index in [1.165, 1.54) is 0 Å². The SMILES string of the molecule is C=C1C(=O)[C@]23[C@H](O)[C@H]1CC[C@H]2[C@]12CCCC(C)(C)[C@H]1[C@H](O)[C@]3(O)O[C@@H]2OC. The first-order valence-corrected chi connectivity index (χ1v) is 10.1. The van der Waals surface area contributed by atoms with Crippen LogP contribution in [-0.2, 0) is 14.3 Å². The number of fused-ring (bicyclic) bond motifs is 2. The van der Waals surface area contributed by atoms with Gasteiger partial charge in [0.15, 0.2) is 12.1 Å². The Labute approximate surface area is 159 Å². The monoisotopic (exact) mass is 378 g/mol. The Morgan fingerprint density at radius 2 is 1.89 bits per heavy atom. The van der Waals surface area contributed by atoms with Crippen LogP contribution >= 0.6 is 0 Å². The first-order chi connectivity index (χ1) is 12.6. The molecule has 6 nitrogen and oxygen atoms in total. The maximum Gasteiger partial charge on any atom is 0.211 e. The number of ether oxygens (including phenoxy) is 2.